The molecule has 1 aliphatic rings. The number of benzene rings is 1. The van der Waals surface area contributed by atoms with Crippen LogP contribution in [-0.2, 0) is 25.0 Å². The third-order valence-corrected chi connectivity index (χ3v) is 3.91. The number of aromatic nitrogens is 3. The van der Waals surface area contributed by atoms with E-state index in [-0.39, 0.29) is 0 Å². The number of fused-ring (bicyclic) bond motifs is 1. The molecule has 1 aromatic heterocycles. The largest absolute Gasteiger partial charge is 0.385 e. The molecule has 4 heteroatoms. The Bertz CT molecular complexity index is 578. The summed E-state index contributed by atoms with van der Waals surface area (Å²) in [4.78, 5) is 4.31. The van der Waals surface area contributed by atoms with Gasteiger partial charge in [-0.2, -0.15) is 5.10 Å². The van der Waals surface area contributed by atoms with Crippen LogP contribution in [0.1, 0.15) is 36.7 Å². The quantitative estimate of drug-likeness (QED) is 0.912. The number of rotatable bonds is 4. The number of hydrogen-bond donors (Lipinski definition) is 1. The van der Waals surface area contributed by atoms with Gasteiger partial charge in [-0.1, -0.05) is 31.2 Å². The van der Waals surface area contributed by atoms with Crippen LogP contribution in [0.5, 0.6) is 0 Å². The maximum Gasteiger partial charge on any atom is 0.138 e. The molecule has 1 N–H and O–H groups in total. The summed E-state index contributed by atoms with van der Waals surface area (Å²) in [5, 5.41) is 15.2. The van der Waals surface area contributed by atoms with Gasteiger partial charge < -0.3 is 5.11 Å². The fourth-order valence-corrected chi connectivity index (χ4v) is 2.94. The minimum absolute atomic E-state index is 0.546. The Kier molecular flexibility index (Phi) is 3.11. The fraction of sp³-hybridized carbons (Fsp3) is 0.467. The van der Waals surface area contributed by atoms with Crippen molar-refractivity contribution in [1.82, 2.24) is 14.8 Å². The molecule has 0 saturated carbocycles. The number of hydrogen-bond acceptors (Lipinski definition) is 3. The molecule has 100 valence electrons. The van der Waals surface area contributed by atoms with Gasteiger partial charge in [0, 0.05) is 13.0 Å². The average molecular weight is 257 g/mol. The molecule has 0 spiro atoms. The van der Waals surface area contributed by atoms with E-state index in [9.17, 15) is 5.11 Å². The van der Waals surface area contributed by atoms with Crippen LogP contribution in [-0.4, -0.2) is 19.9 Å². The SMILES string of the molecule is CCCn1ncnc1CC1(O)CCc2ccccc21. The molecular formula is C15H19N3O. The van der Waals surface area contributed by atoms with Crippen molar-refractivity contribution in [1.29, 1.82) is 0 Å². The lowest BCUT2D eigenvalue weighted by molar-refractivity contribution is 0.0357. The van der Waals surface area contributed by atoms with Crippen molar-refractivity contribution in [2.24, 2.45) is 0 Å². The van der Waals surface area contributed by atoms with E-state index >= 15 is 0 Å². The standard InChI is InChI=1S/C15H19N3O/c1-2-9-18-14(16-11-17-18)10-15(19)8-7-12-5-3-4-6-13(12)15/h3-6,11,19H,2,7-10H2,1H3. The van der Waals surface area contributed by atoms with Gasteiger partial charge in [0.1, 0.15) is 12.2 Å². The smallest absolute Gasteiger partial charge is 0.138 e. The van der Waals surface area contributed by atoms with Crippen molar-refractivity contribution < 1.29 is 5.11 Å². The second-order valence-corrected chi connectivity index (χ2v) is 5.26. The lowest BCUT2D eigenvalue weighted by Crippen LogP contribution is -2.27. The predicted octanol–water partition coefficient (Wildman–Crippen LogP) is 2.06. The lowest BCUT2D eigenvalue weighted by Gasteiger charge is -2.23. The molecular weight excluding hydrogens is 238 g/mol. The summed E-state index contributed by atoms with van der Waals surface area (Å²) < 4.78 is 1.90. The topological polar surface area (TPSA) is 50.9 Å². The Balaban J connectivity index is 1.89. The lowest BCUT2D eigenvalue weighted by atomic mass is 9.92. The highest BCUT2D eigenvalue weighted by molar-refractivity contribution is 5.37. The average Bonchev–Trinajstić information content (AvgIpc) is 2.97. The van der Waals surface area contributed by atoms with Gasteiger partial charge >= 0.3 is 0 Å². The highest BCUT2D eigenvalue weighted by atomic mass is 16.3. The van der Waals surface area contributed by atoms with E-state index in [4.69, 9.17) is 0 Å². The maximum absolute atomic E-state index is 10.9. The molecule has 4 nitrogen and oxygen atoms in total. The van der Waals surface area contributed by atoms with Crippen molar-refractivity contribution in [2.75, 3.05) is 0 Å². The van der Waals surface area contributed by atoms with Crippen LogP contribution < -0.4 is 0 Å². The summed E-state index contributed by atoms with van der Waals surface area (Å²) >= 11 is 0. The first-order valence-corrected chi connectivity index (χ1v) is 6.90. The second kappa shape index (κ2) is 4.78. The van der Waals surface area contributed by atoms with Crippen molar-refractivity contribution in [2.45, 2.75) is 44.8 Å². The summed E-state index contributed by atoms with van der Waals surface area (Å²) in [6, 6.07) is 8.16. The predicted molar refractivity (Wildman–Crippen MR) is 72.7 cm³/mol. The molecule has 0 radical (unpaired) electrons. The van der Waals surface area contributed by atoms with Gasteiger partial charge in [-0.3, -0.25) is 0 Å². The number of aryl methyl sites for hydroxylation is 2. The summed E-state index contributed by atoms with van der Waals surface area (Å²) in [5.41, 5.74) is 1.53. The Labute approximate surface area is 113 Å². The molecule has 0 aliphatic heterocycles. The Morgan fingerprint density at radius 2 is 2.21 bits per heavy atom. The Morgan fingerprint density at radius 1 is 1.37 bits per heavy atom. The van der Waals surface area contributed by atoms with Gasteiger partial charge in [-0.15, -0.1) is 0 Å². The van der Waals surface area contributed by atoms with Crippen molar-refractivity contribution in [3.8, 4) is 0 Å². The Morgan fingerprint density at radius 3 is 3.05 bits per heavy atom. The fourth-order valence-electron chi connectivity index (χ4n) is 2.94. The van der Waals surface area contributed by atoms with Crippen LogP contribution in [0, 0.1) is 0 Å². The first-order chi connectivity index (χ1) is 9.23. The molecule has 1 unspecified atom stereocenters. The molecule has 0 fully saturated rings. The zero-order valence-electron chi connectivity index (χ0n) is 11.2. The monoisotopic (exact) mass is 257 g/mol. The van der Waals surface area contributed by atoms with Gasteiger partial charge in [-0.25, -0.2) is 9.67 Å². The van der Waals surface area contributed by atoms with Crippen LogP contribution in [0.25, 0.3) is 0 Å². The van der Waals surface area contributed by atoms with Crippen LogP contribution in [0.2, 0.25) is 0 Å². The van der Waals surface area contributed by atoms with Crippen LogP contribution in [0.4, 0.5) is 0 Å². The molecule has 1 heterocycles. The first-order valence-electron chi connectivity index (χ1n) is 6.90. The minimum atomic E-state index is -0.783. The zero-order chi connectivity index (χ0) is 13.3. The van der Waals surface area contributed by atoms with E-state index in [2.05, 4.69) is 23.1 Å². The van der Waals surface area contributed by atoms with Crippen LogP contribution >= 0.6 is 0 Å². The van der Waals surface area contributed by atoms with Crippen molar-refractivity contribution >= 4 is 0 Å². The molecule has 1 atom stereocenters. The van der Waals surface area contributed by atoms with Gasteiger partial charge in [0.05, 0.1) is 5.60 Å². The molecule has 19 heavy (non-hydrogen) atoms. The molecule has 2 aromatic rings. The van der Waals surface area contributed by atoms with E-state index in [1.807, 2.05) is 22.9 Å². The molecule has 0 amide bonds. The maximum atomic E-state index is 10.9. The number of aliphatic hydroxyl groups is 1. The van der Waals surface area contributed by atoms with Crippen LogP contribution in [0.15, 0.2) is 30.6 Å². The third kappa shape index (κ3) is 2.16. The minimum Gasteiger partial charge on any atom is -0.385 e. The van der Waals surface area contributed by atoms with Crippen molar-refractivity contribution in [3.05, 3.63) is 47.5 Å². The highest BCUT2D eigenvalue weighted by Crippen LogP contribution is 2.38. The van der Waals surface area contributed by atoms with E-state index in [0.29, 0.717) is 6.42 Å². The molecule has 0 saturated heterocycles. The Hall–Kier alpha value is -1.68. The van der Waals surface area contributed by atoms with Gasteiger partial charge in [-0.05, 0) is 30.4 Å². The van der Waals surface area contributed by atoms with Crippen molar-refractivity contribution in [3.63, 3.8) is 0 Å². The molecule has 3 rings (SSSR count). The van der Waals surface area contributed by atoms with Crippen LogP contribution in [0.3, 0.4) is 0 Å². The van der Waals surface area contributed by atoms with Gasteiger partial charge in [0.25, 0.3) is 0 Å². The van der Waals surface area contributed by atoms with Gasteiger partial charge in [0.15, 0.2) is 0 Å². The number of nitrogens with zero attached hydrogens (tertiary/aromatic N) is 3. The summed E-state index contributed by atoms with van der Waals surface area (Å²) in [7, 11) is 0. The highest BCUT2D eigenvalue weighted by Gasteiger charge is 2.37. The van der Waals surface area contributed by atoms with Gasteiger partial charge in [0.2, 0.25) is 0 Å². The van der Waals surface area contributed by atoms with E-state index in [1.54, 1.807) is 6.33 Å². The zero-order valence-corrected chi connectivity index (χ0v) is 11.2. The van der Waals surface area contributed by atoms with E-state index in [0.717, 1.165) is 37.2 Å². The van der Waals surface area contributed by atoms with E-state index < -0.39 is 5.60 Å². The normalized spacial score (nSPS) is 21.6. The third-order valence-electron chi connectivity index (χ3n) is 3.91. The molecule has 0 bridgehead atoms. The summed E-state index contributed by atoms with van der Waals surface area (Å²) in [6.45, 7) is 2.97. The summed E-state index contributed by atoms with van der Waals surface area (Å²) in [5.74, 6) is 0.876. The first kappa shape index (κ1) is 12.4. The van der Waals surface area contributed by atoms with E-state index in [1.165, 1.54) is 5.56 Å². The molecule has 1 aromatic carbocycles. The second-order valence-electron chi connectivity index (χ2n) is 5.26. The summed E-state index contributed by atoms with van der Waals surface area (Å²) in [6.07, 6.45) is 4.85. The molecule has 1 aliphatic carbocycles.